The van der Waals surface area contributed by atoms with Gasteiger partial charge in [-0.1, -0.05) is 0 Å². The summed E-state index contributed by atoms with van der Waals surface area (Å²) >= 11 is 0.967. The van der Waals surface area contributed by atoms with E-state index in [2.05, 4.69) is 5.32 Å². The Hall–Kier alpha value is -2.41. The van der Waals surface area contributed by atoms with E-state index in [1.54, 1.807) is 13.0 Å². The number of hydrogen-bond acceptors (Lipinski definition) is 4. The molecular formula is C14H12FNO4S. The number of hydrogen-bond donors (Lipinski definition) is 2. The summed E-state index contributed by atoms with van der Waals surface area (Å²) in [5.41, 5.74) is 0.788. The van der Waals surface area contributed by atoms with Gasteiger partial charge in [0.25, 0.3) is 5.91 Å². The fraction of sp³-hybridized carbons (Fsp3) is 0.143. The van der Waals surface area contributed by atoms with Crippen molar-refractivity contribution in [2.45, 2.75) is 6.92 Å². The van der Waals surface area contributed by atoms with Crippen molar-refractivity contribution in [3.05, 3.63) is 46.1 Å². The van der Waals surface area contributed by atoms with E-state index in [1.807, 2.05) is 0 Å². The molecule has 21 heavy (non-hydrogen) atoms. The minimum atomic E-state index is -1.04. The first-order valence-electron chi connectivity index (χ1n) is 5.91. The monoisotopic (exact) mass is 309 g/mol. The Labute approximate surface area is 124 Å². The Bertz CT molecular complexity index is 711. The second-order valence-electron chi connectivity index (χ2n) is 4.23. The SMILES string of the molecule is COc1cc(C(=O)Nc2cc(C)c(C(=O)O)s2)ccc1F. The normalized spacial score (nSPS) is 10.2. The van der Waals surface area contributed by atoms with Crippen LogP contribution in [0, 0.1) is 12.7 Å². The molecule has 0 aliphatic rings. The van der Waals surface area contributed by atoms with Gasteiger partial charge in [-0.2, -0.15) is 0 Å². The van der Waals surface area contributed by atoms with Gasteiger partial charge in [-0.15, -0.1) is 11.3 Å². The van der Waals surface area contributed by atoms with Crippen molar-refractivity contribution in [1.82, 2.24) is 0 Å². The maximum atomic E-state index is 13.3. The average Bonchev–Trinajstić information content (AvgIpc) is 2.80. The molecular weight excluding hydrogens is 297 g/mol. The first-order valence-corrected chi connectivity index (χ1v) is 6.72. The molecule has 110 valence electrons. The molecule has 1 heterocycles. The zero-order chi connectivity index (χ0) is 15.6. The summed E-state index contributed by atoms with van der Waals surface area (Å²) in [4.78, 5) is 23.2. The number of amides is 1. The van der Waals surface area contributed by atoms with Crippen LogP contribution in [0.3, 0.4) is 0 Å². The number of thiophene rings is 1. The van der Waals surface area contributed by atoms with Crippen LogP contribution in [0.4, 0.5) is 9.39 Å². The smallest absolute Gasteiger partial charge is 0.346 e. The van der Waals surface area contributed by atoms with Crippen molar-refractivity contribution < 1.29 is 23.8 Å². The van der Waals surface area contributed by atoms with E-state index < -0.39 is 17.7 Å². The van der Waals surface area contributed by atoms with Gasteiger partial charge < -0.3 is 15.2 Å². The van der Waals surface area contributed by atoms with Crippen molar-refractivity contribution in [2.75, 3.05) is 12.4 Å². The van der Waals surface area contributed by atoms with Crippen LogP contribution in [0.5, 0.6) is 5.75 Å². The maximum absolute atomic E-state index is 13.3. The van der Waals surface area contributed by atoms with Crippen molar-refractivity contribution in [2.24, 2.45) is 0 Å². The van der Waals surface area contributed by atoms with E-state index in [0.29, 0.717) is 10.6 Å². The van der Waals surface area contributed by atoms with Crippen LogP contribution in [0.2, 0.25) is 0 Å². The standard InChI is InChI=1S/C14H12FNO4S/c1-7-5-11(21-12(7)14(18)19)16-13(17)8-3-4-9(15)10(6-8)20-2/h3-6H,1-2H3,(H,16,17)(H,18,19). The van der Waals surface area contributed by atoms with E-state index in [1.165, 1.54) is 19.2 Å². The molecule has 0 aliphatic carbocycles. The first-order chi connectivity index (χ1) is 9.92. The predicted molar refractivity (Wildman–Crippen MR) is 76.9 cm³/mol. The number of carboxylic acid groups (broad SMARTS) is 1. The molecule has 2 rings (SSSR count). The van der Waals surface area contributed by atoms with Gasteiger partial charge in [0, 0.05) is 5.56 Å². The molecule has 1 aromatic carbocycles. The lowest BCUT2D eigenvalue weighted by molar-refractivity contribution is 0.0701. The Morgan fingerprint density at radius 3 is 2.62 bits per heavy atom. The van der Waals surface area contributed by atoms with Crippen LogP contribution in [-0.4, -0.2) is 24.1 Å². The number of benzene rings is 1. The van der Waals surface area contributed by atoms with Gasteiger partial charge in [0.1, 0.15) is 4.88 Å². The summed E-state index contributed by atoms with van der Waals surface area (Å²) in [6, 6.07) is 5.32. The number of halogens is 1. The highest BCUT2D eigenvalue weighted by Crippen LogP contribution is 2.27. The van der Waals surface area contributed by atoms with E-state index >= 15 is 0 Å². The summed E-state index contributed by atoms with van der Waals surface area (Å²) in [5, 5.41) is 12.0. The molecule has 2 aromatic rings. The molecule has 0 atom stereocenters. The van der Waals surface area contributed by atoms with Crippen LogP contribution in [0.1, 0.15) is 25.6 Å². The number of methoxy groups -OCH3 is 1. The Morgan fingerprint density at radius 2 is 2.05 bits per heavy atom. The average molecular weight is 309 g/mol. The number of carbonyl (C=O) groups excluding carboxylic acids is 1. The summed E-state index contributed by atoms with van der Waals surface area (Å²) < 4.78 is 18.1. The third kappa shape index (κ3) is 3.19. The van der Waals surface area contributed by atoms with Gasteiger partial charge in [-0.25, -0.2) is 9.18 Å². The second kappa shape index (κ2) is 5.92. The molecule has 1 amide bonds. The molecule has 0 saturated heterocycles. The van der Waals surface area contributed by atoms with Crippen LogP contribution in [0.15, 0.2) is 24.3 Å². The molecule has 0 bridgehead atoms. The quantitative estimate of drug-likeness (QED) is 0.909. The molecule has 0 saturated carbocycles. The molecule has 0 spiro atoms. The van der Waals surface area contributed by atoms with Crippen molar-refractivity contribution in [3.63, 3.8) is 0 Å². The lowest BCUT2D eigenvalue weighted by Crippen LogP contribution is -2.11. The Kier molecular flexibility index (Phi) is 4.23. The van der Waals surface area contributed by atoms with Gasteiger partial charge >= 0.3 is 5.97 Å². The van der Waals surface area contributed by atoms with E-state index in [-0.39, 0.29) is 16.2 Å². The third-order valence-electron chi connectivity index (χ3n) is 2.76. The van der Waals surface area contributed by atoms with Gasteiger partial charge in [0.2, 0.25) is 0 Å². The highest BCUT2D eigenvalue weighted by molar-refractivity contribution is 7.18. The van der Waals surface area contributed by atoms with E-state index in [4.69, 9.17) is 9.84 Å². The molecule has 0 unspecified atom stereocenters. The highest BCUT2D eigenvalue weighted by Gasteiger charge is 2.15. The second-order valence-corrected chi connectivity index (χ2v) is 5.28. The summed E-state index contributed by atoms with van der Waals surface area (Å²) in [7, 11) is 1.31. The van der Waals surface area contributed by atoms with Crippen molar-refractivity contribution in [3.8, 4) is 5.75 Å². The van der Waals surface area contributed by atoms with Crippen molar-refractivity contribution in [1.29, 1.82) is 0 Å². The van der Waals surface area contributed by atoms with Crippen LogP contribution in [0.25, 0.3) is 0 Å². The predicted octanol–water partition coefficient (Wildman–Crippen LogP) is 3.15. The topological polar surface area (TPSA) is 75.6 Å². The molecule has 0 fully saturated rings. The Morgan fingerprint density at radius 1 is 1.33 bits per heavy atom. The molecule has 5 nitrogen and oxygen atoms in total. The molecule has 0 aliphatic heterocycles. The van der Waals surface area contributed by atoms with E-state index in [0.717, 1.165) is 17.4 Å². The number of nitrogens with one attached hydrogen (secondary N) is 1. The fourth-order valence-electron chi connectivity index (χ4n) is 1.74. The van der Waals surface area contributed by atoms with Gasteiger partial charge in [-0.3, -0.25) is 4.79 Å². The third-order valence-corrected chi connectivity index (χ3v) is 3.90. The molecule has 0 radical (unpaired) electrons. The van der Waals surface area contributed by atoms with Crippen LogP contribution >= 0.6 is 11.3 Å². The molecule has 7 heteroatoms. The summed E-state index contributed by atoms with van der Waals surface area (Å²) in [6.07, 6.45) is 0. The number of carbonyl (C=O) groups is 2. The number of rotatable bonds is 4. The molecule has 1 aromatic heterocycles. The largest absolute Gasteiger partial charge is 0.494 e. The molecule has 2 N–H and O–H groups in total. The number of carboxylic acids is 1. The zero-order valence-corrected chi connectivity index (χ0v) is 12.1. The van der Waals surface area contributed by atoms with Gasteiger partial charge in [0.15, 0.2) is 11.6 Å². The van der Waals surface area contributed by atoms with E-state index in [9.17, 15) is 14.0 Å². The van der Waals surface area contributed by atoms with Gasteiger partial charge in [-0.05, 0) is 36.8 Å². The number of anilines is 1. The highest BCUT2D eigenvalue weighted by atomic mass is 32.1. The first kappa shape index (κ1) is 15.0. The minimum absolute atomic E-state index is 0.0313. The van der Waals surface area contributed by atoms with Crippen LogP contribution < -0.4 is 10.1 Å². The minimum Gasteiger partial charge on any atom is -0.494 e. The number of ether oxygens (including phenoxy) is 1. The number of aromatic carboxylic acids is 1. The lowest BCUT2D eigenvalue weighted by Gasteiger charge is -2.05. The zero-order valence-electron chi connectivity index (χ0n) is 11.3. The van der Waals surface area contributed by atoms with Crippen molar-refractivity contribution >= 4 is 28.2 Å². The Balaban J connectivity index is 2.22. The fourth-order valence-corrected chi connectivity index (χ4v) is 2.65. The maximum Gasteiger partial charge on any atom is 0.346 e. The summed E-state index contributed by atoms with van der Waals surface area (Å²) in [6.45, 7) is 1.65. The lowest BCUT2D eigenvalue weighted by atomic mass is 10.2. The van der Waals surface area contributed by atoms with Crippen LogP contribution in [-0.2, 0) is 0 Å². The van der Waals surface area contributed by atoms with Gasteiger partial charge in [0.05, 0.1) is 12.1 Å². The number of aryl methyl sites for hydroxylation is 1. The summed E-state index contributed by atoms with van der Waals surface area (Å²) in [5.74, 6) is -2.10.